The summed E-state index contributed by atoms with van der Waals surface area (Å²) in [6.07, 6.45) is 1.22. The van der Waals surface area contributed by atoms with Crippen LogP contribution in [0.4, 0.5) is 5.69 Å². The van der Waals surface area contributed by atoms with Gasteiger partial charge in [-0.1, -0.05) is 12.1 Å². The fourth-order valence-electron chi connectivity index (χ4n) is 1.90. The molecule has 0 aliphatic heterocycles. The van der Waals surface area contributed by atoms with Crippen molar-refractivity contribution in [1.82, 2.24) is 9.13 Å². The summed E-state index contributed by atoms with van der Waals surface area (Å²) < 4.78 is 7.19. The summed E-state index contributed by atoms with van der Waals surface area (Å²) in [7, 11) is 4.28. The molecule has 0 saturated heterocycles. The number of aryl methyl sites for hydroxylation is 1. The predicted molar refractivity (Wildman–Crippen MR) is 77.9 cm³/mol. The number of hydrogen-bond donors (Lipinski definition) is 1. The lowest BCUT2D eigenvalue weighted by atomic mass is 10.2. The molecular formula is C14H15N3O4. The van der Waals surface area contributed by atoms with Gasteiger partial charge < -0.3 is 14.6 Å². The van der Waals surface area contributed by atoms with E-state index < -0.39 is 17.2 Å². The van der Waals surface area contributed by atoms with E-state index in [1.54, 1.807) is 24.3 Å². The highest BCUT2D eigenvalue weighted by molar-refractivity contribution is 6.04. The zero-order valence-electron chi connectivity index (χ0n) is 11.9. The van der Waals surface area contributed by atoms with Gasteiger partial charge >= 0.3 is 5.69 Å². The standard InChI is InChI=1S/C14H15N3O4/c1-16-8-9(13(19)17(2)14(16)20)12(18)15-10-6-4-5-7-11(10)21-3/h4-8H,1-3H3,(H,15,18). The van der Waals surface area contributed by atoms with E-state index in [4.69, 9.17) is 4.74 Å². The number of nitrogens with zero attached hydrogens (tertiary/aromatic N) is 2. The molecule has 7 heteroatoms. The Labute approximate surface area is 120 Å². The third-order valence-corrected chi connectivity index (χ3v) is 3.05. The zero-order valence-corrected chi connectivity index (χ0v) is 11.9. The number of aromatic nitrogens is 2. The summed E-state index contributed by atoms with van der Waals surface area (Å²) in [6.45, 7) is 0. The van der Waals surface area contributed by atoms with Crippen molar-refractivity contribution < 1.29 is 9.53 Å². The fourth-order valence-corrected chi connectivity index (χ4v) is 1.90. The highest BCUT2D eigenvalue weighted by Gasteiger charge is 2.16. The summed E-state index contributed by atoms with van der Waals surface area (Å²) in [6, 6.07) is 6.84. The Hall–Kier alpha value is -2.83. The second-order valence-corrected chi connectivity index (χ2v) is 4.45. The maximum Gasteiger partial charge on any atom is 0.330 e. The summed E-state index contributed by atoms with van der Waals surface area (Å²) in [5.74, 6) is -0.122. The molecule has 0 spiro atoms. The molecule has 0 aliphatic carbocycles. The van der Waals surface area contributed by atoms with Crippen LogP contribution in [-0.2, 0) is 14.1 Å². The summed E-state index contributed by atoms with van der Waals surface area (Å²) in [5, 5.41) is 2.60. The summed E-state index contributed by atoms with van der Waals surface area (Å²) in [4.78, 5) is 35.8. The first-order chi connectivity index (χ1) is 9.95. The van der Waals surface area contributed by atoms with Crippen molar-refractivity contribution in [1.29, 1.82) is 0 Å². The smallest absolute Gasteiger partial charge is 0.330 e. The number of para-hydroxylation sites is 2. The third-order valence-electron chi connectivity index (χ3n) is 3.05. The highest BCUT2D eigenvalue weighted by atomic mass is 16.5. The van der Waals surface area contributed by atoms with Crippen molar-refractivity contribution in [2.45, 2.75) is 0 Å². The minimum atomic E-state index is -0.648. The van der Waals surface area contributed by atoms with E-state index in [1.165, 1.54) is 32.0 Å². The van der Waals surface area contributed by atoms with Crippen LogP contribution >= 0.6 is 0 Å². The van der Waals surface area contributed by atoms with Crippen molar-refractivity contribution >= 4 is 11.6 Å². The van der Waals surface area contributed by atoms with Crippen molar-refractivity contribution in [3.05, 3.63) is 56.9 Å². The van der Waals surface area contributed by atoms with Gasteiger partial charge in [-0.25, -0.2) is 4.79 Å². The number of anilines is 1. The number of ether oxygens (including phenoxy) is 1. The average molecular weight is 289 g/mol. The van der Waals surface area contributed by atoms with Crippen molar-refractivity contribution in [3.8, 4) is 5.75 Å². The Balaban J connectivity index is 2.42. The van der Waals surface area contributed by atoms with Gasteiger partial charge in [-0.3, -0.25) is 14.2 Å². The Morgan fingerprint density at radius 3 is 2.52 bits per heavy atom. The lowest BCUT2D eigenvalue weighted by molar-refractivity contribution is 0.102. The number of carbonyl (C=O) groups excluding carboxylic acids is 1. The number of amides is 1. The van der Waals surface area contributed by atoms with Crippen LogP contribution in [0.15, 0.2) is 40.1 Å². The number of benzene rings is 1. The molecule has 7 nitrogen and oxygen atoms in total. The predicted octanol–water partition coefficient (Wildman–Crippen LogP) is 0.345. The highest BCUT2D eigenvalue weighted by Crippen LogP contribution is 2.23. The first-order valence-electron chi connectivity index (χ1n) is 6.16. The average Bonchev–Trinajstić information content (AvgIpc) is 2.49. The van der Waals surface area contributed by atoms with Crippen LogP contribution in [-0.4, -0.2) is 22.2 Å². The number of carbonyl (C=O) groups is 1. The van der Waals surface area contributed by atoms with E-state index in [9.17, 15) is 14.4 Å². The van der Waals surface area contributed by atoms with Crippen LogP contribution in [0.2, 0.25) is 0 Å². The third kappa shape index (κ3) is 2.71. The van der Waals surface area contributed by atoms with Crippen LogP contribution in [0.25, 0.3) is 0 Å². The molecule has 0 fully saturated rings. The van der Waals surface area contributed by atoms with E-state index >= 15 is 0 Å². The summed E-state index contributed by atoms with van der Waals surface area (Å²) in [5.41, 5.74) is -0.814. The molecule has 0 aliphatic rings. The Kier molecular flexibility index (Phi) is 3.93. The van der Waals surface area contributed by atoms with Gasteiger partial charge in [-0.2, -0.15) is 0 Å². The molecule has 0 radical (unpaired) electrons. The van der Waals surface area contributed by atoms with E-state index in [-0.39, 0.29) is 5.56 Å². The van der Waals surface area contributed by atoms with E-state index in [0.29, 0.717) is 11.4 Å². The van der Waals surface area contributed by atoms with Gasteiger partial charge in [0, 0.05) is 20.3 Å². The molecule has 110 valence electrons. The lowest BCUT2D eigenvalue weighted by Gasteiger charge is -2.10. The maximum atomic E-state index is 12.2. The number of methoxy groups -OCH3 is 1. The second-order valence-electron chi connectivity index (χ2n) is 4.45. The monoisotopic (exact) mass is 289 g/mol. The quantitative estimate of drug-likeness (QED) is 0.883. The van der Waals surface area contributed by atoms with Gasteiger partial charge in [0.25, 0.3) is 11.5 Å². The van der Waals surface area contributed by atoms with Crippen molar-refractivity contribution in [3.63, 3.8) is 0 Å². The van der Waals surface area contributed by atoms with Crippen molar-refractivity contribution in [2.75, 3.05) is 12.4 Å². The molecule has 1 heterocycles. The van der Waals surface area contributed by atoms with Gasteiger partial charge in [-0.05, 0) is 12.1 Å². The fraction of sp³-hybridized carbons (Fsp3) is 0.214. The minimum absolute atomic E-state index is 0.120. The van der Waals surface area contributed by atoms with Crippen LogP contribution in [0.1, 0.15) is 10.4 Å². The molecule has 2 aromatic rings. The first kappa shape index (κ1) is 14.6. The normalized spacial score (nSPS) is 10.2. The largest absolute Gasteiger partial charge is 0.495 e. The van der Waals surface area contributed by atoms with Crippen LogP contribution in [0.3, 0.4) is 0 Å². The van der Waals surface area contributed by atoms with Gasteiger partial charge in [0.05, 0.1) is 12.8 Å². The number of nitrogens with one attached hydrogen (secondary N) is 1. The van der Waals surface area contributed by atoms with Gasteiger partial charge in [0.2, 0.25) is 0 Å². The Bertz CT molecular complexity index is 805. The van der Waals surface area contributed by atoms with Crippen molar-refractivity contribution in [2.24, 2.45) is 14.1 Å². The number of rotatable bonds is 3. The molecule has 0 unspecified atom stereocenters. The van der Waals surface area contributed by atoms with E-state index in [1.807, 2.05) is 0 Å². The molecule has 1 aromatic heterocycles. The summed E-state index contributed by atoms with van der Waals surface area (Å²) >= 11 is 0. The molecule has 0 saturated carbocycles. The first-order valence-corrected chi connectivity index (χ1v) is 6.16. The maximum absolute atomic E-state index is 12.2. The molecule has 1 N–H and O–H groups in total. The van der Waals surface area contributed by atoms with E-state index in [0.717, 1.165) is 4.57 Å². The van der Waals surface area contributed by atoms with Crippen LogP contribution < -0.4 is 21.3 Å². The molecule has 0 atom stereocenters. The molecule has 2 rings (SSSR count). The molecule has 0 bridgehead atoms. The van der Waals surface area contributed by atoms with Gasteiger partial charge in [0.15, 0.2) is 0 Å². The zero-order chi connectivity index (χ0) is 15.6. The molecule has 21 heavy (non-hydrogen) atoms. The number of hydrogen-bond acceptors (Lipinski definition) is 4. The van der Waals surface area contributed by atoms with E-state index in [2.05, 4.69) is 5.32 Å². The molecule has 1 amide bonds. The van der Waals surface area contributed by atoms with Gasteiger partial charge in [-0.15, -0.1) is 0 Å². The van der Waals surface area contributed by atoms with Crippen LogP contribution in [0, 0.1) is 0 Å². The molecule has 1 aromatic carbocycles. The topological polar surface area (TPSA) is 82.3 Å². The molecular weight excluding hydrogens is 274 g/mol. The Morgan fingerprint density at radius 2 is 1.86 bits per heavy atom. The second kappa shape index (κ2) is 5.66. The lowest BCUT2D eigenvalue weighted by Crippen LogP contribution is -2.40. The van der Waals surface area contributed by atoms with Crippen LogP contribution in [0.5, 0.6) is 5.75 Å². The van der Waals surface area contributed by atoms with Gasteiger partial charge in [0.1, 0.15) is 11.3 Å². The minimum Gasteiger partial charge on any atom is -0.495 e. The SMILES string of the molecule is COc1ccccc1NC(=O)c1cn(C)c(=O)n(C)c1=O. The Morgan fingerprint density at radius 1 is 1.19 bits per heavy atom.